The minimum absolute atomic E-state index is 0.0741. The summed E-state index contributed by atoms with van der Waals surface area (Å²) in [5.74, 6) is 2.81. The van der Waals surface area contributed by atoms with Crippen LogP contribution in [-0.2, 0) is 4.79 Å². The Bertz CT molecular complexity index is 219. The van der Waals surface area contributed by atoms with Gasteiger partial charge in [0.25, 0.3) is 0 Å². The molecule has 0 aromatic carbocycles. The fourth-order valence-electron chi connectivity index (χ4n) is 2.34. The van der Waals surface area contributed by atoms with Crippen molar-refractivity contribution in [2.24, 2.45) is 5.92 Å². The van der Waals surface area contributed by atoms with Crippen molar-refractivity contribution in [3.8, 4) is 0 Å². The van der Waals surface area contributed by atoms with Crippen molar-refractivity contribution < 1.29 is 9.90 Å². The van der Waals surface area contributed by atoms with Gasteiger partial charge in [0, 0.05) is 10.5 Å². The van der Waals surface area contributed by atoms with Crippen molar-refractivity contribution in [3.05, 3.63) is 0 Å². The van der Waals surface area contributed by atoms with Crippen molar-refractivity contribution >= 4 is 29.5 Å². The van der Waals surface area contributed by atoms with Crippen molar-refractivity contribution in [1.82, 2.24) is 0 Å². The highest BCUT2D eigenvalue weighted by Gasteiger charge is 2.40. The van der Waals surface area contributed by atoms with E-state index in [2.05, 4.69) is 0 Å². The molecule has 0 aromatic heterocycles. The molecule has 0 aliphatic carbocycles. The summed E-state index contributed by atoms with van der Waals surface area (Å²) in [6.07, 6.45) is 4.27. The molecule has 0 aromatic rings. The molecule has 0 amide bonds. The first-order valence-electron chi connectivity index (χ1n) is 5.16. The van der Waals surface area contributed by atoms with E-state index in [1.165, 1.54) is 24.3 Å². The van der Waals surface area contributed by atoms with Crippen LogP contribution in [0.1, 0.15) is 25.7 Å². The average molecular weight is 232 g/mol. The largest absolute Gasteiger partial charge is 0.481 e. The van der Waals surface area contributed by atoms with Gasteiger partial charge in [0.1, 0.15) is 0 Å². The first-order valence-corrected chi connectivity index (χ1v) is 7.30. The smallest absolute Gasteiger partial charge is 0.306 e. The summed E-state index contributed by atoms with van der Waals surface area (Å²) in [5, 5.41) is 9.04. The third-order valence-electron chi connectivity index (χ3n) is 3.13. The highest BCUT2D eigenvalue weighted by molar-refractivity contribution is 8.04. The van der Waals surface area contributed by atoms with Gasteiger partial charge < -0.3 is 5.11 Å². The zero-order chi connectivity index (χ0) is 10.0. The summed E-state index contributed by atoms with van der Waals surface area (Å²) in [6, 6.07) is 0. The Morgan fingerprint density at radius 3 is 2.93 bits per heavy atom. The van der Waals surface area contributed by atoms with Gasteiger partial charge in [-0.15, -0.1) is 0 Å². The van der Waals surface area contributed by atoms with E-state index < -0.39 is 5.97 Å². The molecule has 0 bridgehead atoms. The second-order valence-corrected chi connectivity index (χ2v) is 6.88. The first-order chi connectivity index (χ1) is 6.72. The summed E-state index contributed by atoms with van der Waals surface area (Å²) >= 11 is 4.02. The number of rotatable bonds is 1. The Labute approximate surface area is 93.2 Å². The van der Waals surface area contributed by atoms with Crippen LogP contribution in [0, 0.1) is 5.92 Å². The van der Waals surface area contributed by atoms with Gasteiger partial charge in [0.05, 0.1) is 5.92 Å². The Morgan fingerprint density at radius 2 is 2.29 bits per heavy atom. The number of aliphatic carboxylic acids is 1. The first kappa shape index (κ1) is 10.7. The monoisotopic (exact) mass is 232 g/mol. The maximum atomic E-state index is 11.0. The molecule has 0 saturated carbocycles. The van der Waals surface area contributed by atoms with Crippen LogP contribution in [0.5, 0.6) is 0 Å². The lowest BCUT2D eigenvalue weighted by molar-refractivity contribution is -0.142. The molecule has 0 radical (unpaired) electrons. The van der Waals surface area contributed by atoms with Crippen LogP contribution < -0.4 is 0 Å². The van der Waals surface area contributed by atoms with Crippen molar-refractivity contribution in [2.45, 2.75) is 30.4 Å². The van der Waals surface area contributed by atoms with Gasteiger partial charge in [-0.25, -0.2) is 0 Å². The van der Waals surface area contributed by atoms with Crippen LogP contribution in [0.25, 0.3) is 0 Å². The summed E-state index contributed by atoms with van der Waals surface area (Å²) in [7, 11) is 0. The van der Waals surface area contributed by atoms with Crippen LogP contribution in [0.4, 0.5) is 0 Å². The van der Waals surface area contributed by atoms with E-state index in [1.54, 1.807) is 0 Å². The van der Waals surface area contributed by atoms with Crippen molar-refractivity contribution in [1.29, 1.82) is 0 Å². The Kier molecular flexibility index (Phi) is 3.32. The van der Waals surface area contributed by atoms with Gasteiger partial charge in [-0.05, 0) is 37.2 Å². The van der Waals surface area contributed by atoms with Crippen molar-refractivity contribution in [2.75, 3.05) is 17.3 Å². The number of hydrogen-bond acceptors (Lipinski definition) is 3. The maximum Gasteiger partial charge on any atom is 0.306 e. The Balaban J connectivity index is 2.01. The Hall–Kier alpha value is 0.170. The zero-order valence-electron chi connectivity index (χ0n) is 8.20. The zero-order valence-corrected chi connectivity index (χ0v) is 9.83. The van der Waals surface area contributed by atoms with E-state index in [9.17, 15) is 4.79 Å². The van der Waals surface area contributed by atoms with Crippen molar-refractivity contribution in [3.63, 3.8) is 0 Å². The van der Waals surface area contributed by atoms with E-state index in [1.807, 2.05) is 23.5 Å². The summed E-state index contributed by atoms with van der Waals surface area (Å²) in [6.45, 7) is 0. The second kappa shape index (κ2) is 4.35. The SMILES string of the molecule is O=C(O)C1CCSC2(CCCSC2)C1. The minimum atomic E-state index is -0.583. The molecule has 2 heterocycles. The van der Waals surface area contributed by atoms with Gasteiger partial charge in [0.2, 0.25) is 0 Å². The van der Waals surface area contributed by atoms with E-state index >= 15 is 0 Å². The molecule has 1 spiro atoms. The molecule has 2 aliphatic rings. The quantitative estimate of drug-likeness (QED) is 0.753. The standard InChI is InChI=1S/C10H16O2S2/c11-9(12)8-2-5-14-10(6-8)3-1-4-13-7-10/h8H,1-7H2,(H,11,12). The summed E-state index contributed by atoms with van der Waals surface area (Å²) < 4.78 is 0.310. The third kappa shape index (κ3) is 2.22. The fraction of sp³-hybridized carbons (Fsp3) is 0.900. The van der Waals surface area contributed by atoms with Crippen LogP contribution in [0.2, 0.25) is 0 Å². The topological polar surface area (TPSA) is 37.3 Å². The van der Waals surface area contributed by atoms with Crippen LogP contribution >= 0.6 is 23.5 Å². The Morgan fingerprint density at radius 1 is 1.43 bits per heavy atom. The lowest BCUT2D eigenvalue weighted by Crippen LogP contribution is -2.39. The van der Waals surface area contributed by atoms with Gasteiger partial charge in [-0.2, -0.15) is 23.5 Å². The molecule has 80 valence electrons. The maximum absolute atomic E-state index is 11.0. The fourth-order valence-corrected chi connectivity index (χ4v) is 5.49. The number of thioether (sulfide) groups is 2. The predicted octanol–water partition coefficient (Wildman–Crippen LogP) is 2.48. The van der Waals surface area contributed by atoms with Gasteiger partial charge in [0.15, 0.2) is 0 Å². The third-order valence-corrected chi connectivity index (χ3v) is 6.21. The molecule has 4 heteroatoms. The molecule has 14 heavy (non-hydrogen) atoms. The number of carboxylic acid groups (broad SMARTS) is 1. The van der Waals surface area contributed by atoms with E-state index in [0.29, 0.717) is 4.75 Å². The van der Waals surface area contributed by atoms with Crippen LogP contribution in [-0.4, -0.2) is 33.1 Å². The molecule has 2 fully saturated rings. The predicted molar refractivity (Wildman–Crippen MR) is 62.1 cm³/mol. The molecule has 2 aliphatic heterocycles. The second-order valence-electron chi connectivity index (χ2n) is 4.22. The van der Waals surface area contributed by atoms with Gasteiger partial charge in [-0.1, -0.05) is 0 Å². The normalized spacial score (nSPS) is 38.4. The van der Waals surface area contributed by atoms with Gasteiger partial charge >= 0.3 is 5.97 Å². The van der Waals surface area contributed by atoms with Gasteiger partial charge in [-0.3, -0.25) is 4.79 Å². The van der Waals surface area contributed by atoms with Crippen LogP contribution in [0.15, 0.2) is 0 Å². The van der Waals surface area contributed by atoms with E-state index in [0.717, 1.165) is 18.6 Å². The number of carboxylic acids is 1. The summed E-state index contributed by atoms with van der Waals surface area (Å²) in [5.41, 5.74) is 0. The van der Waals surface area contributed by atoms with E-state index in [-0.39, 0.29) is 5.92 Å². The molecule has 2 unspecified atom stereocenters. The molecule has 2 nitrogen and oxygen atoms in total. The minimum Gasteiger partial charge on any atom is -0.481 e. The number of hydrogen-bond donors (Lipinski definition) is 1. The molecule has 1 N–H and O–H groups in total. The lowest BCUT2D eigenvalue weighted by Gasteiger charge is -2.41. The molecule has 2 atom stereocenters. The lowest BCUT2D eigenvalue weighted by atomic mass is 9.89. The molecule has 2 rings (SSSR count). The van der Waals surface area contributed by atoms with E-state index in [4.69, 9.17) is 5.11 Å². The highest BCUT2D eigenvalue weighted by atomic mass is 32.2. The molecular formula is C10H16O2S2. The molecular weight excluding hydrogens is 216 g/mol. The van der Waals surface area contributed by atoms with Crippen LogP contribution in [0.3, 0.4) is 0 Å². The highest BCUT2D eigenvalue weighted by Crippen LogP contribution is 2.47. The summed E-state index contributed by atoms with van der Waals surface area (Å²) in [4.78, 5) is 11.0. The number of carbonyl (C=O) groups is 1. The average Bonchev–Trinajstić information content (AvgIpc) is 2.19. The molecule has 2 saturated heterocycles.